The monoisotopic (exact) mass is 324 g/mol. The van der Waals surface area contributed by atoms with E-state index in [1.807, 2.05) is 6.07 Å². The minimum absolute atomic E-state index is 0.224. The third-order valence-electron chi connectivity index (χ3n) is 5.09. The first-order valence-electron chi connectivity index (χ1n) is 8.74. The minimum atomic E-state index is -0.406. The fraction of sp³-hybridized carbons (Fsp3) is 0.476. The molecule has 0 amide bonds. The highest BCUT2D eigenvalue weighted by atomic mass is 16.5. The molecular weight excluding hydrogens is 300 g/mol. The fourth-order valence-electron chi connectivity index (χ4n) is 4.02. The van der Waals surface area contributed by atoms with Crippen LogP contribution in [0.15, 0.2) is 36.6 Å². The van der Waals surface area contributed by atoms with Crippen molar-refractivity contribution in [2.45, 2.75) is 57.0 Å². The molecule has 1 saturated carbocycles. The van der Waals surface area contributed by atoms with E-state index in [0.29, 0.717) is 30.9 Å². The van der Waals surface area contributed by atoms with Crippen LogP contribution in [0.25, 0.3) is 0 Å². The van der Waals surface area contributed by atoms with Gasteiger partial charge in [0.25, 0.3) is 0 Å². The quantitative estimate of drug-likeness (QED) is 0.841. The molecule has 1 atom stereocenters. The maximum absolute atomic E-state index is 12.1. The molecule has 2 aliphatic rings. The normalized spacial score (nSPS) is 24.3. The van der Waals surface area contributed by atoms with Crippen molar-refractivity contribution in [3.63, 3.8) is 0 Å². The van der Waals surface area contributed by atoms with Gasteiger partial charge in [-0.2, -0.15) is 0 Å². The van der Waals surface area contributed by atoms with Gasteiger partial charge in [0.05, 0.1) is 12.2 Å². The van der Waals surface area contributed by atoms with Crippen LogP contribution in [0.1, 0.15) is 56.9 Å². The van der Waals surface area contributed by atoms with Crippen molar-refractivity contribution in [3.05, 3.63) is 42.2 Å². The largest absolute Gasteiger partial charge is 0.508 e. The molecule has 0 bridgehead atoms. The zero-order valence-electron chi connectivity index (χ0n) is 14.0. The molecule has 3 rings (SSSR count). The number of ketones is 1. The molecule has 1 aliphatic heterocycles. The van der Waals surface area contributed by atoms with Crippen molar-refractivity contribution >= 4 is 5.78 Å². The van der Waals surface area contributed by atoms with E-state index < -0.39 is 5.60 Å². The molecule has 1 N–H and O–H groups in total. The third-order valence-corrected chi connectivity index (χ3v) is 5.09. The molecule has 1 unspecified atom stereocenters. The Kier molecular flexibility index (Phi) is 4.94. The lowest BCUT2D eigenvalue weighted by molar-refractivity contribution is -0.138. The van der Waals surface area contributed by atoms with Crippen LogP contribution in [0.5, 0.6) is 5.75 Å². The smallest absolute Gasteiger partial charge is 0.144 e. The number of phenolic OH excluding ortho intramolecular Hbond substituents is 1. The number of rotatable bonds is 3. The first-order valence-corrected chi connectivity index (χ1v) is 8.74. The van der Waals surface area contributed by atoms with Crippen molar-refractivity contribution < 1.29 is 14.6 Å². The second-order valence-corrected chi connectivity index (χ2v) is 6.93. The van der Waals surface area contributed by atoms with Crippen LogP contribution in [-0.2, 0) is 9.53 Å². The number of ether oxygens (including phenoxy) is 1. The van der Waals surface area contributed by atoms with Crippen LogP contribution in [0.3, 0.4) is 0 Å². The molecule has 1 heterocycles. The lowest BCUT2D eigenvalue weighted by Gasteiger charge is -2.42. The van der Waals surface area contributed by atoms with Crippen LogP contribution in [0, 0.1) is 17.8 Å². The summed E-state index contributed by atoms with van der Waals surface area (Å²) in [5, 5.41) is 9.48. The Labute approximate surface area is 143 Å². The number of hydrogen-bond donors (Lipinski definition) is 1. The van der Waals surface area contributed by atoms with Gasteiger partial charge >= 0.3 is 0 Å². The standard InChI is InChI=1S/C21H24O3/c1-16-13-20(23)15-21(24-16,18-9-2-3-10-18)12-5-4-7-17-8-6-11-19(22)14-17/h6,8,11,14,18,22H,1-3,5,9-10,12-13,15H2. The van der Waals surface area contributed by atoms with Gasteiger partial charge in [-0.15, -0.1) is 0 Å². The fourth-order valence-corrected chi connectivity index (χ4v) is 4.02. The number of phenols is 1. The van der Waals surface area contributed by atoms with Crippen LogP contribution in [0.4, 0.5) is 0 Å². The summed E-state index contributed by atoms with van der Waals surface area (Å²) in [6, 6.07) is 6.95. The predicted molar refractivity (Wildman–Crippen MR) is 93.4 cm³/mol. The third kappa shape index (κ3) is 3.82. The summed E-state index contributed by atoms with van der Waals surface area (Å²) < 4.78 is 6.18. The first kappa shape index (κ1) is 16.6. The zero-order valence-corrected chi connectivity index (χ0v) is 14.0. The Morgan fingerprint density at radius 1 is 1.33 bits per heavy atom. The molecule has 1 saturated heterocycles. The van der Waals surface area contributed by atoms with Gasteiger partial charge in [-0.1, -0.05) is 37.3 Å². The summed E-state index contributed by atoms with van der Waals surface area (Å²) in [6.07, 6.45) is 6.95. The average molecular weight is 324 g/mol. The van der Waals surface area contributed by atoms with Gasteiger partial charge in [-0.25, -0.2) is 0 Å². The van der Waals surface area contributed by atoms with Gasteiger partial charge in [0, 0.05) is 18.4 Å². The number of hydrogen-bond acceptors (Lipinski definition) is 3. The number of benzene rings is 1. The number of carbonyl (C=O) groups is 1. The van der Waals surface area contributed by atoms with E-state index in [1.54, 1.807) is 18.2 Å². The number of allylic oxidation sites excluding steroid dienone is 1. The molecule has 24 heavy (non-hydrogen) atoms. The maximum atomic E-state index is 12.1. The van der Waals surface area contributed by atoms with E-state index in [2.05, 4.69) is 18.4 Å². The maximum Gasteiger partial charge on any atom is 0.144 e. The van der Waals surface area contributed by atoms with Gasteiger partial charge < -0.3 is 9.84 Å². The zero-order chi connectivity index (χ0) is 17.0. The van der Waals surface area contributed by atoms with Crippen LogP contribution < -0.4 is 0 Å². The minimum Gasteiger partial charge on any atom is -0.508 e. The van der Waals surface area contributed by atoms with Crippen molar-refractivity contribution in [1.29, 1.82) is 0 Å². The van der Waals surface area contributed by atoms with Gasteiger partial charge in [-0.05, 0) is 43.4 Å². The summed E-state index contributed by atoms with van der Waals surface area (Å²) >= 11 is 0. The number of aromatic hydroxyl groups is 1. The predicted octanol–water partition coefficient (Wildman–Crippen LogP) is 4.35. The molecular formula is C21H24O3. The molecule has 1 aromatic rings. The van der Waals surface area contributed by atoms with Crippen molar-refractivity contribution in [3.8, 4) is 17.6 Å². The molecule has 126 valence electrons. The first-order chi connectivity index (χ1) is 11.6. The Balaban J connectivity index is 1.71. The lowest BCUT2D eigenvalue weighted by atomic mass is 9.76. The Morgan fingerprint density at radius 2 is 2.12 bits per heavy atom. The molecule has 3 nitrogen and oxygen atoms in total. The highest BCUT2D eigenvalue weighted by Gasteiger charge is 2.46. The van der Waals surface area contributed by atoms with Gasteiger partial charge in [0.1, 0.15) is 17.1 Å². The Morgan fingerprint density at radius 3 is 2.83 bits per heavy atom. The van der Waals surface area contributed by atoms with E-state index in [-0.39, 0.29) is 11.5 Å². The lowest BCUT2D eigenvalue weighted by Crippen LogP contribution is -2.44. The van der Waals surface area contributed by atoms with Gasteiger partial charge in [-0.3, -0.25) is 4.79 Å². The summed E-state index contributed by atoms with van der Waals surface area (Å²) in [7, 11) is 0. The topological polar surface area (TPSA) is 46.5 Å². The van der Waals surface area contributed by atoms with Gasteiger partial charge in [0.2, 0.25) is 0 Å². The molecule has 3 heteroatoms. The average Bonchev–Trinajstić information content (AvgIpc) is 3.06. The molecule has 1 aromatic carbocycles. The van der Waals surface area contributed by atoms with Crippen LogP contribution in [0.2, 0.25) is 0 Å². The summed E-state index contributed by atoms with van der Waals surface area (Å²) in [5.74, 6) is 7.76. The second kappa shape index (κ2) is 7.13. The Hall–Kier alpha value is -2.21. The van der Waals surface area contributed by atoms with Gasteiger partial charge in [0.15, 0.2) is 0 Å². The van der Waals surface area contributed by atoms with E-state index >= 15 is 0 Å². The molecule has 0 radical (unpaired) electrons. The highest BCUT2D eigenvalue weighted by Crippen LogP contribution is 2.45. The van der Waals surface area contributed by atoms with Crippen LogP contribution >= 0.6 is 0 Å². The SMILES string of the molecule is C=C1CC(=O)CC(CCC#Cc2cccc(O)c2)(C2CCCC2)O1. The highest BCUT2D eigenvalue weighted by molar-refractivity contribution is 5.82. The van der Waals surface area contributed by atoms with E-state index in [9.17, 15) is 9.90 Å². The molecule has 2 fully saturated rings. The van der Waals surface area contributed by atoms with Crippen molar-refractivity contribution in [2.75, 3.05) is 0 Å². The van der Waals surface area contributed by atoms with Crippen molar-refractivity contribution in [1.82, 2.24) is 0 Å². The molecule has 0 spiro atoms. The Bertz CT molecular complexity index is 671. The molecule has 1 aliphatic carbocycles. The van der Waals surface area contributed by atoms with E-state index in [0.717, 1.165) is 24.8 Å². The van der Waals surface area contributed by atoms with E-state index in [4.69, 9.17) is 4.74 Å². The summed E-state index contributed by atoms with van der Waals surface area (Å²) in [4.78, 5) is 12.1. The summed E-state index contributed by atoms with van der Waals surface area (Å²) in [6.45, 7) is 3.91. The van der Waals surface area contributed by atoms with E-state index in [1.165, 1.54) is 12.8 Å². The summed E-state index contributed by atoms with van der Waals surface area (Å²) in [5.41, 5.74) is 0.395. The van der Waals surface area contributed by atoms with Crippen molar-refractivity contribution in [2.24, 2.45) is 5.92 Å². The number of carbonyl (C=O) groups excluding carboxylic acids is 1. The number of Topliss-reactive ketones (excluding diaryl/α,β-unsaturated/α-hetero) is 1. The molecule has 0 aromatic heterocycles. The second-order valence-electron chi connectivity index (χ2n) is 6.93. The van der Waals surface area contributed by atoms with Crippen LogP contribution in [-0.4, -0.2) is 16.5 Å².